The number of nitrogens with one attached hydrogen (secondary N) is 2. The van der Waals surface area contributed by atoms with Gasteiger partial charge in [-0.15, -0.1) is 0 Å². The van der Waals surface area contributed by atoms with Gasteiger partial charge in [-0.3, -0.25) is 19.6 Å². The average Bonchev–Trinajstić information content (AvgIpc) is 2.79. The Morgan fingerprint density at radius 3 is 1.47 bits per heavy atom. The number of nitrogens with zero attached hydrogens (tertiary/aromatic N) is 4. The maximum absolute atomic E-state index is 10.9. The molecule has 0 bridgehead atoms. The monoisotopic (exact) mass is 562 g/mol. The fourth-order valence-electron chi connectivity index (χ4n) is 2.17. The van der Waals surface area contributed by atoms with Crippen LogP contribution < -0.4 is 20.6 Å². The Bertz CT molecular complexity index is 1150. The van der Waals surface area contributed by atoms with E-state index in [0.29, 0.717) is 24.7 Å². The lowest BCUT2D eigenvalue weighted by Crippen LogP contribution is -2.07. The Morgan fingerprint density at radius 2 is 1.12 bits per heavy atom. The Hall–Kier alpha value is -3.38. The third-order valence-corrected chi connectivity index (χ3v) is 4.57. The van der Waals surface area contributed by atoms with Crippen molar-refractivity contribution < 1.29 is 9.47 Å². The van der Waals surface area contributed by atoms with Crippen LogP contribution in [0.3, 0.4) is 0 Å². The second-order valence-corrected chi connectivity index (χ2v) is 7.91. The topological polar surface area (TPSA) is 136 Å². The SMILES string of the molecule is O=c1cc(OCc2ccc(Br)cn2)cn[nH]1.O=c1cc(OCc2ccc(Br)cn2)cn[nH]1. The van der Waals surface area contributed by atoms with Crippen molar-refractivity contribution in [1.82, 2.24) is 30.4 Å². The predicted octanol–water partition coefficient (Wildman–Crippen LogP) is 3.01. The summed E-state index contributed by atoms with van der Waals surface area (Å²) in [6.07, 6.45) is 6.27. The molecule has 0 aliphatic carbocycles. The molecule has 0 fully saturated rings. The molecule has 0 spiro atoms. The van der Waals surface area contributed by atoms with Gasteiger partial charge in [0.2, 0.25) is 0 Å². The molecule has 0 aliphatic rings. The molecule has 4 heterocycles. The van der Waals surface area contributed by atoms with Crippen LogP contribution in [0, 0.1) is 0 Å². The van der Waals surface area contributed by atoms with E-state index >= 15 is 0 Å². The molecule has 4 aromatic heterocycles. The van der Waals surface area contributed by atoms with E-state index in [1.807, 2.05) is 24.3 Å². The van der Waals surface area contributed by atoms with Gasteiger partial charge >= 0.3 is 0 Å². The van der Waals surface area contributed by atoms with E-state index in [4.69, 9.17) is 9.47 Å². The average molecular weight is 564 g/mol. The summed E-state index contributed by atoms with van der Waals surface area (Å²) in [4.78, 5) is 30.1. The van der Waals surface area contributed by atoms with Gasteiger partial charge in [0.05, 0.1) is 23.8 Å². The van der Waals surface area contributed by atoms with Crippen molar-refractivity contribution in [2.45, 2.75) is 13.2 Å². The number of aromatic amines is 2. The normalized spacial score (nSPS) is 10.1. The van der Waals surface area contributed by atoms with Crippen LogP contribution in [0.2, 0.25) is 0 Å². The highest BCUT2D eigenvalue weighted by molar-refractivity contribution is 9.10. The highest BCUT2D eigenvalue weighted by Gasteiger charge is 1.99. The number of aromatic nitrogens is 6. The van der Waals surface area contributed by atoms with E-state index in [0.717, 1.165) is 20.3 Å². The number of H-pyrrole nitrogens is 2. The van der Waals surface area contributed by atoms with Crippen LogP contribution in [-0.4, -0.2) is 30.4 Å². The third-order valence-electron chi connectivity index (χ3n) is 3.63. The van der Waals surface area contributed by atoms with Crippen molar-refractivity contribution in [1.29, 1.82) is 0 Å². The van der Waals surface area contributed by atoms with Crippen LogP contribution in [0.5, 0.6) is 11.5 Å². The van der Waals surface area contributed by atoms with Crippen molar-refractivity contribution in [3.63, 3.8) is 0 Å². The first kappa shape index (κ1) is 23.3. The number of ether oxygens (including phenoxy) is 2. The van der Waals surface area contributed by atoms with Gasteiger partial charge in [0.1, 0.15) is 24.7 Å². The van der Waals surface area contributed by atoms with Gasteiger partial charge in [0, 0.05) is 33.5 Å². The van der Waals surface area contributed by atoms with Crippen molar-refractivity contribution in [3.8, 4) is 11.5 Å². The minimum absolute atomic E-state index is 0.290. The zero-order chi connectivity index (χ0) is 22.8. The summed E-state index contributed by atoms with van der Waals surface area (Å²) in [5.74, 6) is 0.849. The second-order valence-electron chi connectivity index (χ2n) is 6.07. The second kappa shape index (κ2) is 11.9. The summed E-state index contributed by atoms with van der Waals surface area (Å²) >= 11 is 6.58. The van der Waals surface area contributed by atoms with Crippen molar-refractivity contribution in [3.05, 3.63) is 102 Å². The Morgan fingerprint density at radius 1 is 0.688 bits per heavy atom. The van der Waals surface area contributed by atoms with Crippen molar-refractivity contribution in [2.24, 2.45) is 0 Å². The molecule has 0 saturated carbocycles. The standard InChI is InChI=1S/2C10H8BrN3O2/c2*11-7-1-2-8(12-4-7)6-16-9-3-10(15)14-13-5-9/h2*1-5H,6H2,(H,14,15). The van der Waals surface area contributed by atoms with E-state index in [1.165, 1.54) is 24.5 Å². The van der Waals surface area contributed by atoms with Gasteiger partial charge in [-0.25, -0.2) is 10.2 Å². The molecule has 0 atom stereocenters. The molecule has 4 rings (SSSR count). The van der Waals surface area contributed by atoms with E-state index in [2.05, 4.69) is 62.2 Å². The van der Waals surface area contributed by atoms with Crippen LogP contribution in [0.25, 0.3) is 0 Å². The van der Waals surface area contributed by atoms with Crippen LogP contribution in [0.1, 0.15) is 11.4 Å². The lowest BCUT2D eigenvalue weighted by molar-refractivity contribution is 0.299. The van der Waals surface area contributed by atoms with Crippen LogP contribution >= 0.6 is 31.9 Å². The maximum atomic E-state index is 10.9. The Kier molecular flexibility index (Phi) is 8.63. The lowest BCUT2D eigenvalue weighted by Gasteiger charge is -2.04. The number of hydrogen-bond acceptors (Lipinski definition) is 8. The molecular formula is C20H16Br2N6O4. The lowest BCUT2D eigenvalue weighted by atomic mass is 10.4. The molecule has 12 heteroatoms. The summed E-state index contributed by atoms with van der Waals surface area (Å²) < 4.78 is 12.5. The minimum Gasteiger partial charge on any atom is -0.485 e. The zero-order valence-corrected chi connectivity index (χ0v) is 19.5. The Balaban J connectivity index is 0.000000181. The van der Waals surface area contributed by atoms with E-state index < -0.39 is 0 Å². The summed E-state index contributed by atoms with van der Waals surface area (Å²) in [5.41, 5.74) is 0.981. The van der Waals surface area contributed by atoms with Crippen molar-refractivity contribution in [2.75, 3.05) is 0 Å². The first-order valence-electron chi connectivity index (χ1n) is 9.04. The molecule has 0 saturated heterocycles. The minimum atomic E-state index is -0.290. The van der Waals surface area contributed by atoms with Crippen LogP contribution in [0.15, 0.2) is 79.7 Å². The number of halogens is 2. The van der Waals surface area contributed by atoms with E-state index in [9.17, 15) is 9.59 Å². The smallest absolute Gasteiger partial charge is 0.267 e. The van der Waals surface area contributed by atoms with Crippen molar-refractivity contribution >= 4 is 31.9 Å². The summed E-state index contributed by atoms with van der Waals surface area (Å²) in [7, 11) is 0. The molecule has 0 aromatic carbocycles. The van der Waals surface area contributed by atoms with E-state index in [1.54, 1.807) is 12.4 Å². The summed E-state index contributed by atoms with van der Waals surface area (Å²) in [6, 6.07) is 10.1. The molecule has 164 valence electrons. The number of pyridine rings is 2. The number of hydrogen-bond donors (Lipinski definition) is 2. The quantitative estimate of drug-likeness (QED) is 0.365. The molecule has 0 aliphatic heterocycles. The summed E-state index contributed by atoms with van der Waals surface area (Å²) in [6.45, 7) is 0.608. The van der Waals surface area contributed by atoms with Gasteiger partial charge in [-0.1, -0.05) is 0 Å². The maximum Gasteiger partial charge on any atom is 0.267 e. The molecule has 0 radical (unpaired) electrons. The summed E-state index contributed by atoms with van der Waals surface area (Å²) in [5, 5.41) is 11.8. The molecule has 4 aromatic rings. The van der Waals surface area contributed by atoms with Gasteiger partial charge < -0.3 is 9.47 Å². The molecule has 0 unspecified atom stereocenters. The highest BCUT2D eigenvalue weighted by atomic mass is 79.9. The first-order chi connectivity index (χ1) is 15.5. The molecule has 2 N–H and O–H groups in total. The predicted molar refractivity (Wildman–Crippen MR) is 122 cm³/mol. The number of rotatable bonds is 6. The third kappa shape index (κ3) is 8.04. The van der Waals surface area contributed by atoms with Gasteiger partial charge in [0.25, 0.3) is 11.1 Å². The van der Waals surface area contributed by atoms with Gasteiger partial charge in [-0.2, -0.15) is 10.2 Å². The molecule has 10 nitrogen and oxygen atoms in total. The molecule has 0 amide bonds. The van der Waals surface area contributed by atoms with Gasteiger partial charge in [0.15, 0.2) is 0 Å². The van der Waals surface area contributed by atoms with E-state index in [-0.39, 0.29) is 11.1 Å². The van der Waals surface area contributed by atoms with Crippen LogP contribution in [0.4, 0.5) is 0 Å². The van der Waals surface area contributed by atoms with Crippen LogP contribution in [-0.2, 0) is 13.2 Å². The zero-order valence-electron chi connectivity index (χ0n) is 16.4. The molecule has 32 heavy (non-hydrogen) atoms. The Labute approximate surface area is 198 Å². The largest absolute Gasteiger partial charge is 0.485 e. The highest BCUT2D eigenvalue weighted by Crippen LogP contribution is 2.11. The first-order valence-corrected chi connectivity index (χ1v) is 10.6. The molecular weight excluding hydrogens is 548 g/mol. The fraction of sp³-hybridized carbons (Fsp3) is 0.100. The van der Waals surface area contributed by atoms with Gasteiger partial charge in [-0.05, 0) is 56.1 Å². The fourth-order valence-corrected chi connectivity index (χ4v) is 2.64.